The van der Waals surface area contributed by atoms with Crippen LogP contribution in [-0.2, 0) is 6.54 Å². The summed E-state index contributed by atoms with van der Waals surface area (Å²) >= 11 is 1.51. The molecule has 0 aliphatic heterocycles. The first kappa shape index (κ1) is 12.5. The van der Waals surface area contributed by atoms with Crippen molar-refractivity contribution in [2.45, 2.75) is 6.54 Å². The maximum absolute atomic E-state index is 12.2. The number of amides is 1. The zero-order chi connectivity index (χ0) is 13.9. The number of furan rings is 1. The van der Waals surface area contributed by atoms with Gasteiger partial charge in [-0.05, 0) is 23.6 Å². The summed E-state index contributed by atoms with van der Waals surface area (Å²) in [5.41, 5.74) is 7.18. The fourth-order valence-electron chi connectivity index (χ4n) is 1.79. The van der Waals surface area contributed by atoms with Crippen LogP contribution in [0.2, 0.25) is 0 Å². The molecule has 0 aromatic carbocycles. The molecule has 6 nitrogen and oxygen atoms in total. The lowest BCUT2D eigenvalue weighted by molar-refractivity contribution is 0.0949. The number of carbonyl (C=O) groups is 1. The maximum atomic E-state index is 12.2. The normalized spacial score (nSPS) is 10.6. The van der Waals surface area contributed by atoms with Crippen molar-refractivity contribution in [1.82, 2.24) is 10.5 Å². The summed E-state index contributed by atoms with van der Waals surface area (Å²) in [6, 6.07) is 5.38. The standard InChI is InChI=1S/C13H11N3O3S/c14-12-10(11(16-19-12)8-3-5-20-7-8)13(17)15-6-9-2-1-4-18-9/h1-5,7H,6,14H2,(H,15,17). The summed E-state index contributed by atoms with van der Waals surface area (Å²) in [4.78, 5) is 12.2. The molecule has 0 bridgehead atoms. The average molecular weight is 289 g/mol. The van der Waals surface area contributed by atoms with E-state index in [-0.39, 0.29) is 23.9 Å². The zero-order valence-corrected chi connectivity index (χ0v) is 11.1. The van der Waals surface area contributed by atoms with Gasteiger partial charge in [0.15, 0.2) is 0 Å². The molecule has 0 spiro atoms. The second kappa shape index (κ2) is 5.22. The van der Waals surface area contributed by atoms with Crippen molar-refractivity contribution in [3.63, 3.8) is 0 Å². The van der Waals surface area contributed by atoms with Gasteiger partial charge in [-0.1, -0.05) is 5.16 Å². The minimum atomic E-state index is -0.346. The number of hydrogen-bond donors (Lipinski definition) is 2. The number of hydrogen-bond acceptors (Lipinski definition) is 6. The van der Waals surface area contributed by atoms with E-state index in [1.165, 1.54) is 11.3 Å². The third kappa shape index (κ3) is 2.30. The van der Waals surface area contributed by atoms with Crippen LogP contribution in [0.4, 0.5) is 5.88 Å². The molecule has 0 saturated carbocycles. The molecule has 0 aliphatic carbocycles. The number of nitrogens with two attached hydrogens (primary N) is 1. The molecule has 3 heterocycles. The minimum absolute atomic E-state index is 0.00291. The van der Waals surface area contributed by atoms with E-state index in [0.717, 1.165) is 5.56 Å². The molecule has 3 aromatic rings. The van der Waals surface area contributed by atoms with Gasteiger partial charge in [0.25, 0.3) is 5.91 Å². The van der Waals surface area contributed by atoms with Gasteiger partial charge in [0, 0.05) is 10.9 Å². The van der Waals surface area contributed by atoms with E-state index >= 15 is 0 Å². The van der Waals surface area contributed by atoms with Crippen molar-refractivity contribution in [3.8, 4) is 11.3 Å². The minimum Gasteiger partial charge on any atom is -0.467 e. The highest BCUT2D eigenvalue weighted by molar-refractivity contribution is 7.08. The highest BCUT2D eigenvalue weighted by Gasteiger charge is 2.22. The Bertz CT molecular complexity index is 701. The van der Waals surface area contributed by atoms with Crippen molar-refractivity contribution < 1.29 is 13.7 Å². The Morgan fingerprint density at radius 1 is 1.45 bits per heavy atom. The molecule has 20 heavy (non-hydrogen) atoms. The van der Waals surface area contributed by atoms with Gasteiger partial charge < -0.3 is 20.0 Å². The van der Waals surface area contributed by atoms with Crippen LogP contribution in [0, 0.1) is 0 Å². The number of carbonyl (C=O) groups excluding carboxylic acids is 1. The third-order valence-electron chi connectivity index (χ3n) is 2.74. The van der Waals surface area contributed by atoms with E-state index in [1.807, 2.05) is 16.8 Å². The van der Waals surface area contributed by atoms with Crippen LogP contribution >= 0.6 is 11.3 Å². The van der Waals surface area contributed by atoms with Gasteiger partial charge in [0.05, 0.1) is 12.8 Å². The van der Waals surface area contributed by atoms with Crippen LogP contribution < -0.4 is 11.1 Å². The van der Waals surface area contributed by atoms with Gasteiger partial charge >= 0.3 is 0 Å². The SMILES string of the molecule is Nc1onc(-c2ccsc2)c1C(=O)NCc1ccco1. The van der Waals surface area contributed by atoms with Gasteiger partial charge in [0.2, 0.25) is 5.88 Å². The van der Waals surface area contributed by atoms with Gasteiger partial charge in [-0.2, -0.15) is 11.3 Å². The fourth-order valence-corrected chi connectivity index (χ4v) is 2.43. The number of rotatable bonds is 4. The predicted octanol–water partition coefficient (Wildman–Crippen LogP) is 2.51. The Hall–Kier alpha value is -2.54. The van der Waals surface area contributed by atoms with Crippen molar-refractivity contribution in [1.29, 1.82) is 0 Å². The summed E-state index contributed by atoms with van der Waals surface area (Å²) < 4.78 is 10.1. The first-order valence-electron chi connectivity index (χ1n) is 5.84. The number of thiophene rings is 1. The van der Waals surface area contributed by atoms with Crippen LogP contribution in [0.3, 0.4) is 0 Å². The van der Waals surface area contributed by atoms with E-state index in [1.54, 1.807) is 18.4 Å². The van der Waals surface area contributed by atoms with Gasteiger partial charge in [0.1, 0.15) is 17.0 Å². The van der Waals surface area contributed by atoms with Crippen LogP contribution in [0.25, 0.3) is 11.3 Å². The summed E-state index contributed by atoms with van der Waals surface area (Å²) in [6.45, 7) is 0.277. The quantitative estimate of drug-likeness (QED) is 0.769. The summed E-state index contributed by atoms with van der Waals surface area (Å²) in [5.74, 6) is 0.315. The average Bonchev–Trinajstić information content (AvgIpc) is 3.17. The number of nitrogens with zero attached hydrogens (tertiary/aromatic N) is 1. The molecule has 3 rings (SSSR count). The van der Waals surface area contributed by atoms with E-state index in [9.17, 15) is 4.79 Å². The summed E-state index contributed by atoms with van der Waals surface area (Å²) in [6.07, 6.45) is 1.55. The number of aromatic nitrogens is 1. The molecule has 3 N–H and O–H groups in total. The molecule has 102 valence electrons. The van der Waals surface area contributed by atoms with Crippen LogP contribution in [0.1, 0.15) is 16.1 Å². The Balaban J connectivity index is 1.82. The smallest absolute Gasteiger partial charge is 0.259 e. The predicted molar refractivity (Wildman–Crippen MR) is 74.1 cm³/mol. The van der Waals surface area contributed by atoms with Crippen molar-refractivity contribution in [3.05, 3.63) is 46.5 Å². The Kier molecular flexibility index (Phi) is 3.26. The highest BCUT2D eigenvalue weighted by Crippen LogP contribution is 2.28. The maximum Gasteiger partial charge on any atom is 0.259 e. The monoisotopic (exact) mass is 289 g/mol. The number of nitrogens with one attached hydrogen (secondary N) is 1. The zero-order valence-electron chi connectivity index (χ0n) is 10.3. The topological polar surface area (TPSA) is 94.3 Å². The second-order valence-corrected chi connectivity index (χ2v) is 4.82. The van der Waals surface area contributed by atoms with E-state index in [0.29, 0.717) is 11.5 Å². The fraction of sp³-hybridized carbons (Fsp3) is 0.0769. The highest BCUT2D eigenvalue weighted by atomic mass is 32.1. The molecular weight excluding hydrogens is 278 g/mol. The molecular formula is C13H11N3O3S. The second-order valence-electron chi connectivity index (χ2n) is 4.04. The van der Waals surface area contributed by atoms with Crippen molar-refractivity contribution in [2.75, 3.05) is 5.73 Å². The van der Waals surface area contributed by atoms with E-state index < -0.39 is 0 Å². The third-order valence-corrected chi connectivity index (χ3v) is 3.43. The van der Waals surface area contributed by atoms with Crippen LogP contribution in [-0.4, -0.2) is 11.1 Å². The van der Waals surface area contributed by atoms with Gasteiger partial charge in [-0.25, -0.2) is 0 Å². The van der Waals surface area contributed by atoms with Crippen molar-refractivity contribution >= 4 is 23.1 Å². The molecule has 7 heteroatoms. The molecule has 0 fully saturated rings. The lowest BCUT2D eigenvalue weighted by Crippen LogP contribution is -2.23. The van der Waals surface area contributed by atoms with Gasteiger partial charge in [-0.3, -0.25) is 4.79 Å². The Morgan fingerprint density at radius 2 is 2.35 bits per heavy atom. The number of nitrogen functional groups attached to an aromatic ring is 1. The lowest BCUT2D eigenvalue weighted by atomic mass is 10.1. The van der Waals surface area contributed by atoms with Crippen LogP contribution in [0.5, 0.6) is 0 Å². The molecule has 0 radical (unpaired) electrons. The number of anilines is 1. The molecule has 0 aliphatic rings. The van der Waals surface area contributed by atoms with E-state index in [4.69, 9.17) is 14.7 Å². The molecule has 1 amide bonds. The Morgan fingerprint density at radius 3 is 3.05 bits per heavy atom. The summed E-state index contributed by atoms with van der Waals surface area (Å²) in [7, 11) is 0. The lowest BCUT2D eigenvalue weighted by Gasteiger charge is -2.03. The van der Waals surface area contributed by atoms with Gasteiger partial charge in [-0.15, -0.1) is 0 Å². The van der Waals surface area contributed by atoms with E-state index in [2.05, 4.69) is 10.5 Å². The first-order chi connectivity index (χ1) is 9.75. The largest absolute Gasteiger partial charge is 0.467 e. The molecule has 0 saturated heterocycles. The molecule has 0 unspecified atom stereocenters. The van der Waals surface area contributed by atoms with Crippen molar-refractivity contribution in [2.24, 2.45) is 0 Å². The Labute approximate surface area is 118 Å². The molecule has 0 atom stereocenters. The van der Waals surface area contributed by atoms with Crippen LogP contribution in [0.15, 0.2) is 44.2 Å². The first-order valence-corrected chi connectivity index (χ1v) is 6.78. The molecule has 3 aromatic heterocycles. The summed E-state index contributed by atoms with van der Waals surface area (Å²) in [5, 5.41) is 10.3.